The van der Waals surface area contributed by atoms with Crippen molar-refractivity contribution in [2.45, 2.75) is 12.8 Å². The van der Waals surface area contributed by atoms with E-state index in [1.807, 2.05) is 0 Å². The fraction of sp³-hybridized carbons (Fsp3) is 0.500. The smallest absolute Gasteiger partial charge is 0.342 e. The summed E-state index contributed by atoms with van der Waals surface area (Å²) in [4.78, 5) is 14.6. The van der Waals surface area contributed by atoms with Gasteiger partial charge in [0.1, 0.15) is 17.9 Å². The molecule has 21 heavy (non-hydrogen) atoms. The first-order valence-corrected chi connectivity index (χ1v) is 6.68. The zero-order chi connectivity index (χ0) is 15.3. The van der Waals surface area contributed by atoms with Crippen molar-refractivity contribution in [2.24, 2.45) is 5.11 Å². The second-order valence-electron chi connectivity index (χ2n) is 4.13. The van der Waals surface area contributed by atoms with E-state index in [0.717, 1.165) is 12.8 Å². The third-order valence-electron chi connectivity index (χ3n) is 2.60. The molecular weight excluding hydrogens is 274 g/mol. The summed E-state index contributed by atoms with van der Waals surface area (Å²) in [5, 5.41) is 3.44. The Morgan fingerprint density at radius 2 is 2.05 bits per heavy atom. The molecule has 7 nitrogen and oxygen atoms in total. The van der Waals surface area contributed by atoms with Crippen LogP contribution in [0, 0.1) is 0 Å². The number of methoxy groups -OCH3 is 1. The van der Waals surface area contributed by atoms with Crippen LogP contribution in [0.5, 0.6) is 5.75 Å². The molecule has 0 fully saturated rings. The molecule has 0 amide bonds. The van der Waals surface area contributed by atoms with Gasteiger partial charge in [0.25, 0.3) is 0 Å². The molecule has 0 aliphatic rings. The third kappa shape index (κ3) is 6.65. The average molecular weight is 293 g/mol. The monoisotopic (exact) mass is 293 g/mol. The number of nitrogens with zero attached hydrogens (tertiary/aromatic N) is 3. The first-order valence-electron chi connectivity index (χ1n) is 6.68. The van der Waals surface area contributed by atoms with E-state index >= 15 is 0 Å². The molecule has 1 aromatic carbocycles. The molecule has 7 heteroatoms. The summed E-state index contributed by atoms with van der Waals surface area (Å²) in [6, 6.07) is 6.92. The molecule has 114 valence electrons. The molecule has 0 saturated carbocycles. The standard InChI is InChI=1S/C14H19N3O4/c1-19-10-11-21-14(18)12-6-2-3-7-13(12)20-9-5-4-8-16-17-15/h2-3,6-7H,4-5,8-11H2,1H3. The Bertz CT molecular complexity index is 487. The largest absolute Gasteiger partial charge is 0.493 e. The minimum absolute atomic E-state index is 0.204. The van der Waals surface area contributed by atoms with E-state index in [9.17, 15) is 4.79 Å². The molecule has 0 N–H and O–H groups in total. The first kappa shape index (κ1) is 16.8. The van der Waals surface area contributed by atoms with E-state index in [0.29, 0.717) is 31.1 Å². The van der Waals surface area contributed by atoms with Crippen LogP contribution >= 0.6 is 0 Å². The number of esters is 1. The van der Waals surface area contributed by atoms with Gasteiger partial charge in [0.15, 0.2) is 0 Å². The van der Waals surface area contributed by atoms with E-state index < -0.39 is 5.97 Å². The first-order chi connectivity index (χ1) is 10.3. The molecule has 0 aliphatic carbocycles. The summed E-state index contributed by atoms with van der Waals surface area (Å²) in [6.07, 6.45) is 1.48. The predicted molar refractivity (Wildman–Crippen MR) is 77.3 cm³/mol. The Hall–Kier alpha value is -2.24. The van der Waals surface area contributed by atoms with Gasteiger partial charge in [-0.25, -0.2) is 4.79 Å². The lowest BCUT2D eigenvalue weighted by atomic mass is 10.2. The van der Waals surface area contributed by atoms with Crippen LogP contribution in [0.25, 0.3) is 10.4 Å². The van der Waals surface area contributed by atoms with Gasteiger partial charge in [-0.05, 0) is 30.5 Å². The van der Waals surface area contributed by atoms with Crippen LogP contribution in [0.15, 0.2) is 29.4 Å². The quantitative estimate of drug-likeness (QED) is 0.218. The van der Waals surface area contributed by atoms with E-state index in [1.54, 1.807) is 31.4 Å². The van der Waals surface area contributed by atoms with Gasteiger partial charge in [-0.1, -0.05) is 17.2 Å². The lowest BCUT2D eigenvalue weighted by Gasteiger charge is -2.10. The Morgan fingerprint density at radius 3 is 2.81 bits per heavy atom. The highest BCUT2D eigenvalue weighted by atomic mass is 16.6. The lowest BCUT2D eigenvalue weighted by Crippen LogP contribution is -2.12. The Labute approximate surface area is 123 Å². The van der Waals surface area contributed by atoms with Crippen molar-refractivity contribution in [1.82, 2.24) is 0 Å². The zero-order valence-corrected chi connectivity index (χ0v) is 12.0. The fourth-order valence-electron chi connectivity index (χ4n) is 1.57. The van der Waals surface area contributed by atoms with Crippen LogP contribution in [0.1, 0.15) is 23.2 Å². The van der Waals surface area contributed by atoms with E-state index in [1.165, 1.54) is 0 Å². The van der Waals surface area contributed by atoms with Crippen LogP contribution in [0.4, 0.5) is 0 Å². The van der Waals surface area contributed by atoms with Crippen molar-refractivity contribution in [3.05, 3.63) is 40.3 Å². The summed E-state index contributed by atoms with van der Waals surface area (Å²) < 4.78 is 15.5. The van der Waals surface area contributed by atoms with Crippen molar-refractivity contribution >= 4 is 5.97 Å². The van der Waals surface area contributed by atoms with Crippen molar-refractivity contribution in [2.75, 3.05) is 33.5 Å². The molecule has 0 aliphatic heterocycles. The number of azide groups is 1. The van der Waals surface area contributed by atoms with Gasteiger partial charge >= 0.3 is 5.97 Å². The Morgan fingerprint density at radius 1 is 1.24 bits per heavy atom. The van der Waals surface area contributed by atoms with Crippen molar-refractivity contribution in [3.63, 3.8) is 0 Å². The minimum Gasteiger partial charge on any atom is -0.493 e. The van der Waals surface area contributed by atoms with Crippen LogP contribution in [0.2, 0.25) is 0 Å². The van der Waals surface area contributed by atoms with E-state index in [-0.39, 0.29) is 6.61 Å². The van der Waals surface area contributed by atoms with Crippen LogP contribution in [-0.2, 0) is 9.47 Å². The lowest BCUT2D eigenvalue weighted by molar-refractivity contribution is 0.0384. The molecule has 0 heterocycles. The van der Waals surface area contributed by atoms with Crippen molar-refractivity contribution in [3.8, 4) is 5.75 Å². The summed E-state index contributed by atoms with van der Waals surface area (Å²) >= 11 is 0. The topological polar surface area (TPSA) is 93.5 Å². The number of carbonyl (C=O) groups is 1. The van der Waals surface area contributed by atoms with Gasteiger partial charge < -0.3 is 14.2 Å². The van der Waals surface area contributed by atoms with Crippen LogP contribution in [-0.4, -0.2) is 39.4 Å². The molecule has 0 bridgehead atoms. The van der Waals surface area contributed by atoms with E-state index in [4.69, 9.17) is 19.7 Å². The number of ether oxygens (including phenoxy) is 3. The summed E-state index contributed by atoms with van der Waals surface area (Å²) in [5.41, 5.74) is 8.55. The molecule has 0 saturated heterocycles. The SMILES string of the molecule is COCCOC(=O)c1ccccc1OCCCCN=[N+]=[N-]. The minimum atomic E-state index is -0.434. The molecule has 0 atom stereocenters. The van der Waals surface area contributed by atoms with Gasteiger partial charge in [0.05, 0.1) is 13.2 Å². The number of benzene rings is 1. The summed E-state index contributed by atoms with van der Waals surface area (Å²) in [6.45, 7) is 1.45. The van der Waals surface area contributed by atoms with E-state index in [2.05, 4.69) is 10.0 Å². The Kier molecular flexibility index (Phi) is 8.44. The van der Waals surface area contributed by atoms with Crippen molar-refractivity contribution in [1.29, 1.82) is 0 Å². The molecule has 0 radical (unpaired) electrons. The maximum absolute atomic E-state index is 11.9. The number of unbranched alkanes of at least 4 members (excludes halogenated alkanes) is 1. The molecule has 0 unspecified atom stereocenters. The highest BCUT2D eigenvalue weighted by Gasteiger charge is 2.13. The highest BCUT2D eigenvalue weighted by molar-refractivity contribution is 5.92. The molecule has 0 spiro atoms. The normalized spacial score (nSPS) is 9.76. The molecule has 1 rings (SSSR count). The van der Waals surface area contributed by atoms with Gasteiger partial charge in [0, 0.05) is 18.6 Å². The molecule has 0 aromatic heterocycles. The number of rotatable bonds is 10. The van der Waals surface area contributed by atoms with Crippen LogP contribution in [0.3, 0.4) is 0 Å². The van der Waals surface area contributed by atoms with Gasteiger partial charge in [0.2, 0.25) is 0 Å². The fourth-order valence-corrected chi connectivity index (χ4v) is 1.57. The maximum atomic E-state index is 11.9. The second kappa shape index (κ2) is 10.5. The summed E-state index contributed by atoms with van der Waals surface area (Å²) in [7, 11) is 1.54. The second-order valence-corrected chi connectivity index (χ2v) is 4.13. The van der Waals surface area contributed by atoms with Gasteiger partial charge in [-0.2, -0.15) is 0 Å². The molecular formula is C14H19N3O4. The van der Waals surface area contributed by atoms with Gasteiger partial charge in [-0.3, -0.25) is 0 Å². The van der Waals surface area contributed by atoms with Crippen molar-refractivity contribution < 1.29 is 19.0 Å². The molecule has 1 aromatic rings. The van der Waals surface area contributed by atoms with Crippen LogP contribution < -0.4 is 4.74 Å². The number of hydrogen-bond donors (Lipinski definition) is 0. The predicted octanol–water partition coefficient (Wildman–Crippen LogP) is 2.96. The number of carbonyl (C=O) groups excluding carboxylic acids is 1. The highest BCUT2D eigenvalue weighted by Crippen LogP contribution is 2.19. The summed E-state index contributed by atoms with van der Waals surface area (Å²) in [5.74, 6) is 0.0560. The average Bonchev–Trinajstić information content (AvgIpc) is 2.51. The zero-order valence-electron chi connectivity index (χ0n) is 12.0. The third-order valence-corrected chi connectivity index (χ3v) is 2.60. The maximum Gasteiger partial charge on any atom is 0.342 e. The number of para-hydroxylation sites is 1. The van der Waals surface area contributed by atoms with Gasteiger partial charge in [-0.15, -0.1) is 0 Å². The Balaban J connectivity index is 2.46. The number of hydrogen-bond acceptors (Lipinski definition) is 5.